The third-order valence-corrected chi connectivity index (χ3v) is 4.08. The molecule has 0 aliphatic carbocycles. The first kappa shape index (κ1) is 18.5. The number of hydrogen-bond acceptors (Lipinski definition) is 5. The Hall–Kier alpha value is -3.32. The highest BCUT2D eigenvalue weighted by Crippen LogP contribution is 2.26. The lowest BCUT2D eigenvalue weighted by Crippen LogP contribution is -2.22. The summed E-state index contributed by atoms with van der Waals surface area (Å²) in [5.41, 5.74) is 0.653. The monoisotopic (exact) mass is 386 g/mol. The number of benzene rings is 2. The summed E-state index contributed by atoms with van der Waals surface area (Å²) < 4.78 is 10.9. The van der Waals surface area contributed by atoms with Crippen molar-refractivity contribution in [2.75, 3.05) is 0 Å². The molecule has 1 aromatic heterocycles. The van der Waals surface area contributed by atoms with E-state index in [2.05, 4.69) is 5.32 Å². The number of para-hydroxylation sites is 2. The van der Waals surface area contributed by atoms with Gasteiger partial charge in [0, 0.05) is 17.6 Å². The number of nitrogens with zero attached hydrogens (tertiary/aromatic N) is 1. The molecule has 8 heteroatoms. The lowest BCUT2D eigenvalue weighted by molar-refractivity contribution is -0.386. The molecule has 2 aromatic carbocycles. The predicted molar refractivity (Wildman–Crippen MR) is 98.8 cm³/mol. The van der Waals surface area contributed by atoms with Gasteiger partial charge in [0.1, 0.15) is 12.4 Å². The molecule has 0 unspecified atom stereocenters. The molecule has 0 bridgehead atoms. The zero-order valence-electron chi connectivity index (χ0n) is 14.1. The second kappa shape index (κ2) is 8.37. The Morgan fingerprint density at radius 2 is 1.85 bits per heavy atom. The number of hydrogen-bond donors (Lipinski definition) is 1. The maximum Gasteiger partial charge on any atom is 0.310 e. The van der Waals surface area contributed by atoms with Crippen LogP contribution in [0.4, 0.5) is 5.69 Å². The Kier molecular flexibility index (Phi) is 5.73. The smallest absolute Gasteiger partial charge is 0.310 e. The fraction of sp³-hybridized carbons (Fsp3) is 0.105. The van der Waals surface area contributed by atoms with Crippen LogP contribution in [0, 0.1) is 10.1 Å². The Labute approximate surface area is 159 Å². The van der Waals surface area contributed by atoms with Gasteiger partial charge in [-0.2, -0.15) is 0 Å². The first-order chi connectivity index (χ1) is 13.0. The Morgan fingerprint density at radius 1 is 1.11 bits per heavy atom. The third-order valence-electron chi connectivity index (χ3n) is 3.71. The number of nitrogens with one attached hydrogen (secondary N) is 1. The summed E-state index contributed by atoms with van der Waals surface area (Å²) in [6.45, 7) is 0.226. The van der Waals surface area contributed by atoms with Gasteiger partial charge in [-0.1, -0.05) is 41.9 Å². The molecule has 7 nitrogen and oxygen atoms in total. The van der Waals surface area contributed by atoms with Crippen LogP contribution in [0.3, 0.4) is 0 Å². The van der Waals surface area contributed by atoms with E-state index in [4.69, 9.17) is 20.8 Å². The molecule has 0 fully saturated rings. The fourth-order valence-corrected chi connectivity index (χ4v) is 2.56. The summed E-state index contributed by atoms with van der Waals surface area (Å²) >= 11 is 6.05. The molecule has 27 heavy (non-hydrogen) atoms. The first-order valence-corrected chi connectivity index (χ1v) is 8.39. The molecule has 0 aliphatic rings. The summed E-state index contributed by atoms with van der Waals surface area (Å²) in [5.74, 6) is 0.217. The minimum Gasteiger partial charge on any atom is -0.479 e. The number of ether oxygens (including phenoxy) is 1. The molecule has 0 atom stereocenters. The van der Waals surface area contributed by atoms with Crippen LogP contribution in [0.1, 0.15) is 21.9 Å². The summed E-state index contributed by atoms with van der Waals surface area (Å²) in [5, 5.41) is 14.3. The topological polar surface area (TPSA) is 94.6 Å². The lowest BCUT2D eigenvalue weighted by atomic mass is 10.2. The average molecular weight is 387 g/mol. The highest BCUT2D eigenvalue weighted by atomic mass is 35.5. The lowest BCUT2D eigenvalue weighted by Gasteiger charge is -2.06. The van der Waals surface area contributed by atoms with Crippen molar-refractivity contribution in [3.63, 3.8) is 0 Å². The standard InChI is InChI=1S/C19H15ClN2O5/c20-15-6-2-1-5-13(15)11-21-19(23)18-10-9-14(27-18)12-26-17-8-4-3-7-16(17)22(24)25/h1-10H,11-12H2,(H,21,23). The van der Waals surface area contributed by atoms with E-state index in [9.17, 15) is 14.9 Å². The zero-order chi connectivity index (χ0) is 19.2. The van der Waals surface area contributed by atoms with Gasteiger partial charge in [-0.15, -0.1) is 0 Å². The zero-order valence-corrected chi connectivity index (χ0v) is 14.8. The van der Waals surface area contributed by atoms with Gasteiger partial charge in [0.2, 0.25) is 0 Å². The van der Waals surface area contributed by atoms with Gasteiger partial charge in [-0.25, -0.2) is 0 Å². The molecule has 0 radical (unpaired) electrons. The van der Waals surface area contributed by atoms with Crippen LogP contribution < -0.4 is 10.1 Å². The molecule has 138 valence electrons. The largest absolute Gasteiger partial charge is 0.479 e. The van der Waals surface area contributed by atoms with E-state index in [1.807, 2.05) is 18.2 Å². The number of nitro benzene ring substituents is 1. The van der Waals surface area contributed by atoms with E-state index in [1.54, 1.807) is 24.3 Å². The maximum absolute atomic E-state index is 12.2. The van der Waals surface area contributed by atoms with Gasteiger partial charge in [-0.05, 0) is 29.8 Å². The van der Waals surface area contributed by atoms with E-state index in [0.29, 0.717) is 10.8 Å². The molecule has 0 saturated carbocycles. The van der Waals surface area contributed by atoms with Gasteiger partial charge in [-0.3, -0.25) is 14.9 Å². The van der Waals surface area contributed by atoms with Crippen molar-refractivity contribution in [2.24, 2.45) is 0 Å². The second-order valence-corrected chi connectivity index (χ2v) is 5.96. The van der Waals surface area contributed by atoms with Crippen molar-refractivity contribution in [1.29, 1.82) is 0 Å². The third kappa shape index (κ3) is 4.65. The van der Waals surface area contributed by atoms with Crippen LogP contribution in [0.5, 0.6) is 5.75 Å². The SMILES string of the molecule is O=C(NCc1ccccc1Cl)c1ccc(COc2ccccc2[N+](=O)[O-])o1. The Balaban J connectivity index is 1.59. The minimum atomic E-state index is -0.523. The molecular weight excluding hydrogens is 372 g/mol. The molecular formula is C19H15ClN2O5. The van der Waals surface area contributed by atoms with Crippen molar-refractivity contribution >= 4 is 23.2 Å². The number of carbonyl (C=O) groups is 1. The average Bonchev–Trinajstić information content (AvgIpc) is 3.15. The molecule has 3 aromatic rings. The Morgan fingerprint density at radius 3 is 2.63 bits per heavy atom. The van der Waals surface area contributed by atoms with Gasteiger partial charge >= 0.3 is 5.69 Å². The number of rotatable bonds is 7. The van der Waals surface area contributed by atoms with Crippen molar-refractivity contribution in [1.82, 2.24) is 5.32 Å². The van der Waals surface area contributed by atoms with E-state index in [1.165, 1.54) is 18.2 Å². The van der Waals surface area contributed by atoms with Crippen LogP contribution in [0.25, 0.3) is 0 Å². The van der Waals surface area contributed by atoms with E-state index in [-0.39, 0.29) is 30.3 Å². The van der Waals surface area contributed by atoms with Gasteiger partial charge in [0.25, 0.3) is 5.91 Å². The van der Waals surface area contributed by atoms with Crippen LogP contribution in [0.2, 0.25) is 5.02 Å². The Bertz CT molecular complexity index is 970. The van der Waals surface area contributed by atoms with E-state index < -0.39 is 10.8 Å². The van der Waals surface area contributed by atoms with Crippen molar-refractivity contribution in [3.8, 4) is 5.75 Å². The molecule has 1 amide bonds. The van der Waals surface area contributed by atoms with Gasteiger partial charge in [0.15, 0.2) is 11.5 Å². The van der Waals surface area contributed by atoms with E-state index >= 15 is 0 Å². The summed E-state index contributed by atoms with van der Waals surface area (Å²) in [7, 11) is 0. The van der Waals surface area contributed by atoms with Gasteiger partial charge in [0.05, 0.1) is 4.92 Å². The first-order valence-electron chi connectivity index (χ1n) is 8.01. The molecule has 0 saturated heterocycles. The van der Waals surface area contributed by atoms with Crippen molar-refractivity contribution in [2.45, 2.75) is 13.2 Å². The second-order valence-electron chi connectivity index (χ2n) is 5.55. The fourth-order valence-electron chi connectivity index (χ4n) is 2.36. The highest BCUT2D eigenvalue weighted by Gasteiger charge is 2.16. The maximum atomic E-state index is 12.2. The quantitative estimate of drug-likeness (QED) is 0.481. The molecule has 1 N–H and O–H groups in total. The predicted octanol–water partition coefficient (Wildman–Crippen LogP) is 4.35. The van der Waals surface area contributed by atoms with E-state index in [0.717, 1.165) is 5.56 Å². The summed E-state index contributed by atoms with van der Waals surface area (Å²) in [4.78, 5) is 22.6. The van der Waals surface area contributed by atoms with Gasteiger partial charge < -0.3 is 14.5 Å². The number of carbonyl (C=O) groups excluding carboxylic acids is 1. The summed E-state index contributed by atoms with van der Waals surface area (Å²) in [6.07, 6.45) is 0. The van der Waals surface area contributed by atoms with Crippen molar-refractivity contribution in [3.05, 3.63) is 92.9 Å². The number of amides is 1. The van der Waals surface area contributed by atoms with Crippen LogP contribution in [-0.4, -0.2) is 10.8 Å². The molecule has 0 spiro atoms. The van der Waals surface area contributed by atoms with Crippen LogP contribution in [-0.2, 0) is 13.2 Å². The van der Waals surface area contributed by atoms with Crippen LogP contribution in [0.15, 0.2) is 65.1 Å². The number of halogens is 1. The highest BCUT2D eigenvalue weighted by molar-refractivity contribution is 6.31. The molecule has 3 rings (SSSR count). The summed E-state index contributed by atoms with van der Waals surface area (Å²) in [6, 6.07) is 16.3. The van der Waals surface area contributed by atoms with Crippen molar-refractivity contribution < 1.29 is 18.9 Å². The molecule has 1 heterocycles. The van der Waals surface area contributed by atoms with Crippen LogP contribution >= 0.6 is 11.6 Å². The number of furan rings is 1. The normalized spacial score (nSPS) is 10.4. The molecule has 0 aliphatic heterocycles. The number of nitro groups is 1. The minimum absolute atomic E-state index is 0.0390.